The third kappa shape index (κ3) is 5.80. The van der Waals surface area contributed by atoms with E-state index in [9.17, 15) is 9.18 Å². The number of hydrogen-bond acceptors (Lipinski definition) is 7. The number of benzene rings is 2. The molecule has 3 rings (SSSR count). The van der Waals surface area contributed by atoms with Gasteiger partial charge < -0.3 is 18.7 Å². The highest BCUT2D eigenvalue weighted by Gasteiger charge is 2.08. The second kappa shape index (κ2) is 9.50. The minimum Gasteiger partial charge on any atom is -0.493 e. The van der Waals surface area contributed by atoms with Crippen LogP contribution >= 0.6 is 0 Å². The first kappa shape index (κ1) is 19.3. The fourth-order valence-electron chi connectivity index (χ4n) is 2.26. The van der Waals surface area contributed by atoms with Crippen LogP contribution < -0.4 is 9.47 Å². The highest BCUT2D eigenvalue weighted by molar-refractivity contribution is 5.89. The van der Waals surface area contributed by atoms with Crippen molar-refractivity contribution >= 4 is 5.97 Å². The second-order valence-corrected chi connectivity index (χ2v) is 5.83. The van der Waals surface area contributed by atoms with Crippen molar-refractivity contribution in [2.45, 2.75) is 20.0 Å². The molecular weight excluding hydrogens is 367 g/mol. The molecule has 0 spiro atoms. The van der Waals surface area contributed by atoms with Crippen molar-refractivity contribution < 1.29 is 27.9 Å². The zero-order valence-corrected chi connectivity index (χ0v) is 15.3. The summed E-state index contributed by atoms with van der Waals surface area (Å²) in [6, 6.07) is 12.3. The largest absolute Gasteiger partial charge is 0.493 e. The first-order valence-corrected chi connectivity index (χ1v) is 8.68. The molecule has 0 fully saturated rings. The normalized spacial score (nSPS) is 10.5. The van der Waals surface area contributed by atoms with E-state index in [1.165, 1.54) is 12.1 Å². The van der Waals surface area contributed by atoms with Crippen molar-refractivity contribution in [3.8, 4) is 11.5 Å². The Balaban J connectivity index is 1.36. The number of esters is 1. The Morgan fingerprint density at radius 3 is 2.36 bits per heavy atom. The fourth-order valence-corrected chi connectivity index (χ4v) is 2.26. The lowest BCUT2D eigenvalue weighted by Gasteiger charge is -2.08. The Morgan fingerprint density at radius 2 is 1.68 bits per heavy atom. The molecule has 0 atom stereocenters. The van der Waals surface area contributed by atoms with E-state index in [0.717, 1.165) is 0 Å². The summed E-state index contributed by atoms with van der Waals surface area (Å²) < 4.78 is 33.8. The van der Waals surface area contributed by atoms with E-state index in [1.54, 1.807) is 43.3 Å². The van der Waals surface area contributed by atoms with Gasteiger partial charge in [-0.25, -0.2) is 9.18 Å². The number of carbonyl (C=O) groups excluding carboxylic acids is 1. The van der Waals surface area contributed by atoms with E-state index in [4.69, 9.17) is 18.7 Å². The monoisotopic (exact) mass is 386 g/mol. The zero-order valence-electron chi connectivity index (χ0n) is 15.3. The van der Waals surface area contributed by atoms with Gasteiger partial charge in [0.15, 0.2) is 6.61 Å². The molecule has 3 aromatic rings. The van der Waals surface area contributed by atoms with Crippen LogP contribution in [0.2, 0.25) is 0 Å². The second-order valence-electron chi connectivity index (χ2n) is 5.83. The zero-order chi connectivity index (χ0) is 19.8. The van der Waals surface area contributed by atoms with Crippen molar-refractivity contribution in [3.63, 3.8) is 0 Å². The van der Waals surface area contributed by atoms with Crippen molar-refractivity contribution in [3.05, 3.63) is 71.6 Å². The standard InChI is InChI=1S/C20H19FN2O5/c1-14-22-19(23-28-14)13-27-18-7-3-15(4-8-18)20(24)26-12-2-11-25-17-9-5-16(21)6-10-17/h3-10H,2,11-13H2,1H3. The van der Waals surface area contributed by atoms with Crippen molar-refractivity contribution in [1.29, 1.82) is 0 Å². The van der Waals surface area contributed by atoms with Crippen molar-refractivity contribution in [2.75, 3.05) is 13.2 Å². The predicted octanol–water partition coefficient (Wildman–Crippen LogP) is 3.72. The van der Waals surface area contributed by atoms with Gasteiger partial charge >= 0.3 is 5.97 Å². The summed E-state index contributed by atoms with van der Waals surface area (Å²) >= 11 is 0. The average molecular weight is 386 g/mol. The van der Waals surface area contributed by atoms with Crippen LogP contribution in [0.5, 0.6) is 11.5 Å². The lowest BCUT2D eigenvalue weighted by atomic mass is 10.2. The smallest absolute Gasteiger partial charge is 0.338 e. The van der Waals surface area contributed by atoms with E-state index < -0.39 is 5.97 Å². The van der Waals surface area contributed by atoms with Gasteiger partial charge in [0.25, 0.3) is 0 Å². The van der Waals surface area contributed by atoms with Crippen LogP contribution in [0.15, 0.2) is 53.1 Å². The quantitative estimate of drug-likeness (QED) is 0.409. The lowest BCUT2D eigenvalue weighted by molar-refractivity contribution is 0.0486. The number of ether oxygens (including phenoxy) is 3. The Morgan fingerprint density at radius 1 is 1.00 bits per heavy atom. The number of aromatic nitrogens is 2. The maximum atomic E-state index is 12.8. The molecule has 7 nitrogen and oxygen atoms in total. The molecule has 0 aliphatic carbocycles. The minimum atomic E-state index is -0.429. The number of aryl methyl sites for hydroxylation is 1. The molecule has 0 radical (unpaired) electrons. The molecule has 0 saturated heterocycles. The first-order valence-electron chi connectivity index (χ1n) is 8.68. The molecule has 1 aromatic heterocycles. The molecule has 0 aliphatic rings. The highest BCUT2D eigenvalue weighted by Crippen LogP contribution is 2.15. The van der Waals surface area contributed by atoms with E-state index in [2.05, 4.69) is 10.1 Å². The number of hydrogen-bond donors (Lipinski definition) is 0. The maximum absolute atomic E-state index is 12.8. The fraction of sp³-hybridized carbons (Fsp3) is 0.250. The Kier molecular flexibility index (Phi) is 6.56. The van der Waals surface area contributed by atoms with Crippen LogP contribution in [0.3, 0.4) is 0 Å². The van der Waals surface area contributed by atoms with Crippen LogP contribution in [0.25, 0.3) is 0 Å². The van der Waals surface area contributed by atoms with Crippen molar-refractivity contribution in [2.24, 2.45) is 0 Å². The van der Waals surface area contributed by atoms with Gasteiger partial charge in [-0.2, -0.15) is 4.98 Å². The summed E-state index contributed by atoms with van der Waals surface area (Å²) in [5, 5.41) is 3.74. The minimum absolute atomic E-state index is 0.176. The first-order chi connectivity index (χ1) is 13.6. The summed E-state index contributed by atoms with van der Waals surface area (Å²) in [4.78, 5) is 16.1. The Hall–Kier alpha value is -3.42. The molecule has 0 bridgehead atoms. The van der Waals surface area contributed by atoms with Gasteiger partial charge in [0.05, 0.1) is 18.8 Å². The summed E-state index contributed by atoms with van der Waals surface area (Å²) in [6.45, 7) is 2.46. The Bertz CT molecular complexity index is 894. The van der Waals surface area contributed by atoms with E-state index in [0.29, 0.717) is 41.8 Å². The van der Waals surface area contributed by atoms with Gasteiger partial charge in [-0.05, 0) is 48.5 Å². The molecule has 8 heteroatoms. The molecule has 1 heterocycles. The molecule has 0 N–H and O–H groups in total. The van der Waals surface area contributed by atoms with Crippen molar-refractivity contribution in [1.82, 2.24) is 10.1 Å². The number of rotatable bonds is 9. The predicted molar refractivity (Wildman–Crippen MR) is 96.6 cm³/mol. The van der Waals surface area contributed by atoms with Crippen LogP contribution in [0.1, 0.15) is 28.5 Å². The topological polar surface area (TPSA) is 83.7 Å². The van der Waals surface area contributed by atoms with Gasteiger partial charge in [0.2, 0.25) is 11.7 Å². The molecule has 0 saturated carbocycles. The van der Waals surface area contributed by atoms with E-state index in [1.807, 2.05) is 0 Å². The van der Waals surface area contributed by atoms with Gasteiger partial charge in [0, 0.05) is 13.3 Å². The number of nitrogens with zero attached hydrogens (tertiary/aromatic N) is 2. The van der Waals surface area contributed by atoms with Gasteiger partial charge in [-0.15, -0.1) is 0 Å². The van der Waals surface area contributed by atoms with Crippen LogP contribution in [-0.4, -0.2) is 29.3 Å². The maximum Gasteiger partial charge on any atom is 0.338 e. The summed E-state index contributed by atoms with van der Waals surface area (Å²) in [6.07, 6.45) is 0.522. The molecule has 146 valence electrons. The van der Waals surface area contributed by atoms with Crippen LogP contribution in [0, 0.1) is 12.7 Å². The summed E-state index contributed by atoms with van der Waals surface area (Å²) in [5.41, 5.74) is 0.419. The Labute approximate surface area is 161 Å². The summed E-state index contributed by atoms with van der Waals surface area (Å²) in [5.74, 6) is 1.32. The highest BCUT2D eigenvalue weighted by atomic mass is 19.1. The van der Waals surface area contributed by atoms with Crippen LogP contribution in [-0.2, 0) is 11.3 Å². The van der Waals surface area contributed by atoms with E-state index in [-0.39, 0.29) is 19.0 Å². The summed E-state index contributed by atoms with van der Waals surface area (Å²) in [7, 11) is 0. The molecular formula is C20H19FN2O5. The SMILES string of the molecule is Cc1nc(COc2ccc(C(=O)OCCCOc3ccc(F)cc3)cc2)no1. The van der Waals surface area contributed by atoms with Gasteiger partial charge in [0.1, 0.15) is 17.3 Å². The molecule has 28 heavy (non-hydrogen) atoms. The molecule has 2 aromatic carbocycles. The molecule has 0 unspecified atom stereocenters. The third-order valence-electron chi connectivity index (χ3n) is 3.63. The van der Waals surface area contributed by atoms with E-state index >= 15 is 0 Å². The van der Waals surface area contributed by atoms with Gasteiger partial charge in [-0.1, -0.05) is 5.16 Å². The number of halogens is 1. The van der Waals surface area contributed by atoms with Crippen LogP contribution in [0.4, 0.5) is 4.39 Å². The lowest BCUT2D eigenvalue weighted by Crippen LogP contribution is -2.09. The number of carbonyl (C=O) groups is 1. The molecule has 0 amide bonds. The average Bonchev–Trinajstić information content (AvgIpc) is 3.13. The molecule has 0 aliphatic heterocycles. The third-order valence-corrected chi connectivity index (χ3v) is 3.63. The van der Waals surface area contributed by atoms with Gasteiger partial charge in [-0.3, -0.25) is 0 Å².